The Morgan fingerprint density at radius 3 is 2.20 bits per heavy atom. The number of carbonyl (C=O) groups excluding carboxylic acids is 2. The molecular formula is C35H60BNO7. The molecule has 2 radical (unpaired) electrons. The zero-order valence-corrected chi connectivity index (χ0v) is 29.4. The summed E-state index contributed by atoms with van der Waals surface area (Å²) in [6, 6.07) is 0.263. The van der Waals surface area contributed by atoms with Crippen molar-refractivity contribution in [3.8, 4) is 0 Å². The summed E-state index contributed by atoms with van der Waals surface area (Å²) in [5.41, 5.74) is 0.848. The lowest BCUT2D eigenvalue weighted by Gasteiger charge is -2.48. The first-order valence-corrected chi connectivity index (χ1v) is 16.5. The monoisotopic (exact) mass is 617 g/mol. The molecule has 0 aromatic rings. The molecular weight excluding hydrogens is 557 g/mol. The van der Waals surface area contributed by atoms with Crippen LogP contribution in [0, 0.1) is 35.5 Å². The van der Waals surface area contributed by atoms with E-state index in [1.54, 1.807) is 26.4 Å². The van der Waals surface area contributed by atoms with Crippen LogP contribution in [0.1, 0.15) is 81.1 Å². The molecule has 2 heterocycles. The molecule has 250 valence electrons. The van der Waals surface area contributed by atoms with Crippen molar-refractivity contribution in [3.63, 3.8) is 0 Å². The maximum Gasteiger partial charge on any atom is 0.306 e. The number of allylic oxidation sites excluding steroid dienone is 3. The molecule has 0 amide bonds. The maximum atomic E-state index is 13.4. The van der Waals surface area contributed by atoms with Crippen LogP contribution in [0.5, 0.6) is 0 Å². The predicted molar refractivity (Wildman–Crippen MR) is 175 cm³/mol. The molecule has 1 fully saturated rings. The Kier molecular flexibility index (Phi) is 15.8. The van der Waals surface area contributed by atoms with Crippen molar-refractivity contribution in [1.82, 2.24) is 4.90 Å². The topological polar surface area (TPSA) is 83.5 Å². The van der Waals surface area contributed by atoms with Gasteiger partial charge in [-0.1, -0.05) is 59.3 Å². The van der Waals surface area contributed by atoms with E-state index in [9.17, 15) is 9.59 Å². The number of nitrogens with zero attached hydrogens (tertiary/aromatic N) is 1. The highest BCUT2D eigenvalue weighted by Gasteiger charge is 2.45. The van der Waals surface area contributed by atoms with Crippen molar-refractivity contribution in [1.29, 1.82) is 0 Å². The van der Waals surface area contributed by atoms with Crippen LogP contribution in [0.2, 0.25) is 5.82 Å². The average molecular weight is 618 g/mol. The van der Waals surface area contributed by atoms with E-state index in [-0.39, 0.29) is 66.0 Å². The minimum absolute atomic E-state index is 0.00114. The summed E-state index contributed by atoms with van der Waals surface area (Å²) in [6.07, 6.45) is 5.43. The molecule has 0 aromatic heterocycles. The van der Waals surface area contributed by atoms with Crippen LogP contribution >= 0.6 is 0 Å². The molecule has 9 heteroatoms. The van der Waals surface area contributed by atoms with Gasteiger partial charge in [0.2, 0.25) is 0 Å². The van der Waals surface area contributed by atoms with E-state index in [2.05, 4.69) is 53.6 Å². The van der Waals surface area contributed by atoms with Gasteiger partial charge in [-0.25, -0.2) is 0 Å². The van der Waals surface area contributed by atoms with Crippen LogP contribution < -0.4 is 0 Å². The molecule has 8 nitrogen and oxygen atoms in total. The molecule has 0 N–H and O–H groups in total. The lowest BCUT2D eigenvalue weighted by atomic mass is 9.76. The Labute approximate surface area is 269 Å². The summed E-state index contributed by atoms with van der Waals surface area (Å²) in [5, 5.41) is 0. The first kappa shape index (κ1) is 38.7. The summed E-state index contributed by atoms with van der Waals surface area (Å²) in [6.45, 7) is 16.5. The number of ketones is 1. The maximum absolute atomic E-state index is 13.4. The van der Waals surface area contributed by atoms with Gasteiger partial charge in [0.15, 0.2) is 18.4 Å². The second-order valence-corrected chi connectivity index (χ2v) is 13.7. The van der Waals surface area contributed by atoms with Gasteiger partial charge in [0, 0.05) is 44.9 Å². The molecule has 0 unspecified atom stereocenters. The Bertz CT molecular complexity index is 967. The Morgan fingerprint density at radius 1 is 1.00 bits per heavy atom. The Hall–Kier alpha value is -1.52. The number of carbonyl (C=O) groups is 2. The smallest absolute Gasteiger partial charge is 0.306 e. The molecule has 2 rings (SSSR count). The van der Waals surface area contributed by atoms with Gasteiger partial charge < -0.3 is 28.6 Å². The van der Waals surface area contributed by atoms with Gasteiger partial charge in [0.25, 0.3) is 0 Å². The lowest BCUT2D eigenvalue weighted by Crippen LogP contribution is -2.56. The van der Waals surface area contributed by atoms with E-state index >= 15 is 0 Å². The summed E-state index contributed by atoms with van der Waals surface area (Å²) in [4.78, 5) is 28.9. The number of hydrogen-bond donors (Lipinski definition) is 0. The quantitative estimate of drug-likeness (QED) is 0.187. The van der Waals surface area contributed by atoms with Gasteiger partial charge in [-0.05, 0) is 76.3 Å². The van der Waals surface area contributed by atoms with Crippen molar-refractivity contribution in [2.45, 2.75) is 124 Å². The van der Waals surface area contributed by atoms with E-state index in [1.807, 2.05) is 26.8 Å². The summed E-state index contributed by atoms with van der Waals surface area (Å²) < 4.78 is 30.8. The van der Waals surface area contributed by atoms with Crippen LogP contribution in [-0.2, 0) is 33.3 Å². The Morgan fingerprint density at radius 2 is 1.64 bits per heavy atom. The molecule has 0 aliphatic carbocycles. The lowest BCUT2D eigenvalue weighted by molar-refractivity contribution is -0.278. The number of methoxy groups -OCH3 is 2. The van der Waals surface area contributed by atoms with E-state index in [0.29, 0.717) is 25.2 Å². The highest BCUT2D eigenvalue weighted by Crippen LogP contribution is 2.39. The van der Waals surface area contributed by atoms with Crippen molar-refractivity contribution in [3.05, 3.63) is 23.8 Å². The van der Waals surface area contributed by atoms with Crippen LogP contribution in [0.25, 0.3) is 0 Å². The van der Waals surface area contributed by atoms with Gasteiger partial charge in [0.1, 0.15) is 0 Å². The molecule has 44 heavy (non-hydrogen) atoms. The second-order valence-electron chi connectivity index (χ2n) is 13.7. The highest BCUT2D eigenvalue weighted by atomic mass is 16.7. The molecule has 2 aliphatic rings. The normalized spacial score (nSPS) is 40.5. The van der Waals surface area contributed by atoms with Crippen LogP contribution in [0.4, 0.5) is 0 Å². The minimum Gasteiger partial charge on any atom is -0.463 e. The molecule has 12 atom stereocenters. The summed E-state index contributed by atoms with van der Waals surface area (Å²) in [7, 11) is 13.9. The van der Waals surface area contributed by atoms with Gasteiger partial charge in [-0.3, -0.25) is 9.59 Å². The van der Waals surface area contributed by atoms with Crippen molar-refractivity contribution < 1.29 is 33.3 Å². The number of ether oxygens (including phenoxy) is 5. The third-order valence-corrected chi connectivity index (χ3v) is 10.1. The van der Waals surface area contributed by atoms with Gasteiger partial charge in [0.05, 0.1) is 26.2 Å². The van der Waals surface area contributed by atoms with Crippen molar-refractivity contribution in [2.75, 3.05) is 28.3 Å². The number of esters is 1. The van der Waals surface area contributed by atoms with Gasteiger partial charge >= 0.3 is 5.97 Å². The first-order valence-electron chi connectivity index (χ1n) is 16.5. The van der Waals surface area contributed by atoms with Crippen molar-refractivity contribution >= 4 is 19.6 Å². The van der Waals surface area contributed by atoms with E-state index < -0.39 is 24.5 Å². The van der Waals surface area contributed by atoms with E-state index in [4.69, 9.17) is 31.5 Å². The Balaban J connectivity index is 2.59. The first-order chi connectivity index (χ1) is 20.6. The van der Waals surface area contributed by atoms with Gasteiger partial charge in [-0.2, -0.15) is 0 Å². The second kappa shape index (κ2) is 18.0. The highest BCUT2D eigenvalue weighted by molar-refractivity contribution is 6.13. The fraction of sp³-hybridized carbons (Fsp3) is 0.829. The largest absolute Gasteiger partial charge is 0.463 e. The molecule has 2 aliphatic heterocycles. The number of cyclic esters (lactones) is 1. The molecule has 0 spiro atoms. The number of hydrogen-bond acceptors (Lipinski definition) is 8. The third kappa shape index (κ3) is 10.5. The van der Waals surface area contributed by atoms with Crippen LogP contribution in [0.15, 0.2) is 23.8 Å². The molecule has 0 bridgehead atoms. The van der Waals surface area contributed by atoms with Crippen LogP contribution in [0.3, 0.4) is 0 Å². The molecule has 0 aromatic carbocycles. The average Bonchev–Trinajstić information content (AvgIpc) is 2.96. The SMILES string of the molecule is [B][C@H]1/C=C(C)/C=C/C(=O)[C@H](C)C[C@H](CC(OC)OC)[C@H](O[C@@H]2O[C@H](C)[C@@H](C)[C@H](N(C)C)[C@H]2C)[C@@H](C)[C@H](C)CC(=O)O[C@@H]1CC. The zero-order valence-electron chi connectivity index (χ0n) is 29.4. The fourth-order valence-corrected chi connectivity index (χ4v) is 7.03. The minimum atomic E-state index is -0.475. The fourth-order valence-electron chi connectivity index (χ4n) is 7.03. The van der Waals surface area contributed by atoms with Crippen LogP contribution in [-0.4, -0.2) is 89.7 Å². The van der Waals surface area contributed by atoms with E-state index in [0.717, 1.165) is 5.57 Å². The summed E-state index contributed by atoms with van der Waals surface area (Å²) >= 11 is 0. The van der Waals surface area contributed by atoms with E-state index in [1.165, 1.54) is 0 Å². The standard InChI is InChI=1S/C35H60BNO7/c1-13-30-28(36)16-20(2)14-15-29(38)22(4)17-27(19-32(40-11)41-12)34(23(5)21(3)18-31(39)43-30)44-35-25(7)33(37(9)10)24(6)26(8)42-35/h14-16,21-28,30,32-35H,13,17-19H2,1-12H3/b15-14+,20-16+/t21-,22-,23+,24-,25-,26-,27-,28+,30-,33+,34-,35+/m1/s1. The predicted octanol–water partition coefficient (Wildman–Crippen LogP) is 6.00. The third-order valence-electron chi connectivity index (χ3n) is 10.1. The zero-order chi connectivity index (χ0) is 33.3. The van der Waals surface area contributed by atoms with Crippen molar-refractivity contribution in [2.24, 2.45) is 35.5 Å². The number of rotatable bonds is 8. The molecule has 0 saturated carbocycles. The molecule has 1 saturated heterocycles. The summed E-state index contributed by atoms with van der Waals surface area (Å²) in [5.74, 6) is -0.853. The van der Waals surface area contributed by atoms with Gasteiger partial charge in [-0.15, -0.1) is 0 Å².